The smallest absolute Gasteiger partial charge is 0.238 e. The number of sulfonamides is 1. The summed E-state index contributed by atoms with van der Waals surface area (Å²) in [6, 6.07) is 10.5. The zero-order valence-corrected chi connectivity index (χ0v) is 13.3. The van der Waals surface area contributed by atoms with Crippen molar-refractivity contribution in [2.75, 3.05) is 5.32 Å². The van der Waals surface area contributed by atoms with Gasteiger partial charge in [0.05, 0.1) is 4.90 Å². The lowest BCUT2D eigenvalue weighted by Gasteiger charge is -2.06. The Morgan fingerprint density at radius 2 is 1.71 bits per heavy atom. The van der Waals surface area contributed by atoms with Gasteiger partial charge in [-0.25, -0.2) is 17.9 Å². The Morgan fingerprint density at radius 3 is 2.33 bits per heavy atom. The Labute approximate surface area is 138 Å². The first-order chi connectivity index (χ1) is 11.3. The van der Waals surface area contributed by atoms with Crippen LogP contribution in [0.25, 0.3) is 0 Å². The maximum atomic E-state index is 12.8. The van der Waals surface area contributed by atoms with Gasteiger partial charge in [-0.05, 0) is 42.5 Å². The van der Waals surface area contributed by atoms with E-state index in [1.807, 2.05) is 0 Å². The van der Waals surface area contributed by atoms with Gasteiger partial charge in [-0.3, -0.25) is 9.59 Å². The Kier molecular flexibility index (Phi) is 5.42. The fraction of sp³-hybridized carbons (Fsp3) is 0.125. The average molecular weight is 350 g/mol. The molecule has 2 aromatic carbocycles. The van der Waals surface area contributed by atoms with Gasteiger partial charge in [-0.1, -0.05) is 6.07 Å². The van der Waals surface area contributed by atoms with Crippen molar-refractivity contribution < 1.29 is 22.4 Å². The van der Waals surface area contributed by atoms with Crippen LogP contribution in [0, 0.1) is 5.82 Å². The molecule has 3 N–H and O–H groups in total. The van der Waals surface area contributed by atoms with Gasteiger partial charge < -0.3 is 5.32 Å². The number of benzene rings is 2. The number of carbonyl (C=O) groups excluding carboxylic acids is 2. The Morgan fingerprint density at radius 1 is 1.04 bits per heavy atom. The maximum absolute atomic E-state index is 12.8. The molecule has 0 atom stereocenters. The van der Waals surface area contributed by atoms with Crippen LogP contribution in [0.1, 0.15) is 23.2 Å². The number of ketones is 1. The third kappa shape index (κ3) is 4.97. The molecule has 0 aliphatic carbocycles. The predicted octanol–water partition coefficient (Wildman–Crippen LogP) is 2.07. The van der Waals surface area contributed by atoms with Gasteiger partial charge in [-0.15, -0.1) is 0 Å². The number of nitrogens with two attached hydrogens (primary N) is 1. The van der Waals surface area contributed by atoms with E-state index >= 15 is 0 Å². The van der Waals surface area contributed by atoms with Gasteiger partial charge in [0, 0.05) is 24.1 Å². The standard InChI is InChI=1S/C16H15FN2O4S/c17-12-6-4-11(5-7-12)15(20)8-9-16(21)19-13-2-1-3-14(10-13)24(18,22)23/h1-7,10H,8-9H2,(H,19,21)(H2,18,22,23). The number of hydrogen-bond donors (Lipinski definition) is 2. The number of nitrogens with one attached hydrogen (secondary N) is 1. The first-order valence-corrected chi connectivity index (χ1v) is 8.52. The van der Waals surface area contributed by atoms with E-state index in [-0.39, 0.29) is 29.2 Å². The third-order valence-corrected chi connectivity index (χ3v) is 4.10. The van der Waals surface area contributed by atoms with E-state index in [0.717, 1.165) is 0 Å². The number of halogens is 1. The van der Waals surface area contributed by atoms with Gasteiger partial charge in [0.15, 0.2) is 5.78 Å². The highest BCUT2D eigenvalue weighted by atomic mass is 32.2. The van der Waals surface area contributed by atoms with Crippen LogP contribution < -0.4 is 10.5 Å². The molecule has 8 heteroatoms. The second kappa shape index (κ2) is 7.33. The molecular formula is C16H15FN2O4S. The molecule has 0 fully saturated rings. The van der Waals surface area contributed by atoms with Crippen LogP contribution >= 0.6 is 0 Å². The van der Waals surface area contributed by atoms with E-state index in [4.69, 9.17) is 5.14 Å². The summed E-state index contributed by atoms with van der Waals surface area (Å²) < 4.78 is 35.3. The lowest BCUT2D eigenvalue weighted by Crippen LogP contribution is -2.15. The summed E-state index contributed by atoms with van der Waals surface area (Å²) in [6.07, 6.45) is -0.137. The summed E-state index contributed by atoms with van der Waals surface area (Å²) in [5, 5.41) is 7.52. The molecule has 0 saturated carbocycles. The van der Waals surface area contributed by atoms with Crippen molar-refractivity contribution in [2.45, 2.75) is 17.7 Å². The number of Topliss-reactive ketones (excluding diaryl/α,β-unsaturated/α-hetero) is 1. The topological polar surface area (TPSA) is 106 Å². The van der Waals surface area contributed by atoms with Gasteiger partial charge in [-0.2, -0.15) is 0 Å². The largest absolute Gasteiger partial charge is 0.326 e. The van der Waals surface area contributed by atoms with Crippen LogP contribution in [0.5, 0.6) is 0 Å². The summed E-state index contributed by atoms with van der Waals surface area (Å²) in [5.74, 6) is -1.18. The van der Waals surface area contributed by atoms with Crippen LogP contribution in [-0.4, -0.2) is 20.1 Å². The minimum Gasteiger partial charge on any atom is -0.326 e. The molecule has 24 heavy (non-hydrogen) atoms. The highest BCUT2D eigenvalue weighted by Gasteiger charge is 2.12. The molecule has 126 valence electrons. The fourth-order valence-electron chi connectivity index (χ4n) is 1.98. The summed E-state index contributed by atoms with van der Waals surface area (Å²) in [6.45, 7) is 0. The van der Waals surface area contributed by atoms with Crippen LogP contribution in [0.2, 0.25) is 0 Å². The molecule has 0 bridgehead atoms. The summed E-state index contributed by atoms with van der Waals surface area (Å²) in [4.78, 5) is 23.6. The average Bonchev–Trinajstić information content (AvgIpc) is 2.53. The molecule has 0 aliphatic rings. The normalized spacial score (nSPS) is 11.1. The molecule has 0 saturated heterocycles. The monoisotopic (exact) mass is 350 g/mol. The van der Waals surface area contributed by atoms with Crippen molar-refractivity contribution in [3.63, 3.8) is 0 Å². The quantitative estimate of drug-likeness (QED) is 0.778. The Bertz CT molecular complexity index is 864. The molecule has 0 aromatic heterocycles. The Balaban J connectivity index is 1.94. The lowest BCUT2D eigenvalue weighted by molar-refractivity contribution is -0.116. The van der Waals surface area contributed by atoms with E-state index in [2.05, 4.69) is 5.32 Å². The van der Waals surface area contributed by atoms with Gasteiger partial charge in [0.1, 0.15) is 5.82 Å². The lowest BCUT2D eigenvalue weighted by atomic mass is 10.1. The number of hydrogen-bond acceptors (Lipinski definition) is 4. The van der Waals surface area contributed by atoms with Crippen molar-refractivity contribution in [2.24, 2.45) is 5.14 Å². The van der Waals surface area contributed by atoms with Gasteiger partial charge in [0.25, 0.3) is 0 Å². The molecule has 2 aromatic rings. The number of rotatable bonds is 6. The van der Waals surface area contributed by atoms with Crippen LogP contribution in [0.4, 0.5) is 10.1 Å². The van der Waals surface area contributed by atoms with E-state index in [0.29, 0.717) is 5.56 Å². The van der Waals surface area contributed by atoms with Crippen LogP contribution in [-0.2, 0) is 14.8 Å². The highest BCUT2D eigenvalue weighted by Crippen LogP contribution is 2.15. The van der Waals surface area contributed by atoms with E-state index in [1.165, 1.54) is 48.5 Å². The summed E-state index contributed by atoms with van der Waals surface area (Å²) in [7, 11) is -3.86. The zero-order valence-electron chi connectivity index (χ0n) is 12.5. The van der Waals surface area contributed by atoms with E-state index < -0.39 is 21.7 Å². The van der Waals surface area contributed by atoms with E-state index in [1.54, 1.807) is 0 Å². The molecule has 1 amide bonds. The highest BCUT2D eigenvalue weighted by molar-refractivity contribution is 7.89. The van der Waals surface area contributed by atoms with Crippen LogP contribution in [0.15, 0.2) is 53.4 Å². The predicted molar refractivity (Wildman–Crippen MR) is 86.4 cm³/mol. The van der Waals surface area contributed by atoms with Crippen molar-refractivity contribution in [3.05, 3.63) is 59.9 Å². The summed E-state index contributed by atoms with van der Waals surface area (Å²) >= 11 is 0. The fourth-order valence-corrected chi connectivity index (χ4v) is 2.54. The SMILES string of the molecule is NS(=O)(=O)c1cccc(NC(=O)CCC(=O)c2ccc(F)cc2)c1. The summed E-state index contributed by atoms with van der Waals surface area (Å²) in [5.41, 5.74) is 0.584. The van der Waals surface area contributed by atoms with Crippen molar-refractivity contribution in [3.8, 4) is 0 Å². The maximum Gasteiger partial charge on any atom is 0.238 e. The van der Waals surface area contributed by atoms with Gasteiger partial charge >= 0.3 is 0 Å². The third-order valence-electron chi connectivity index (χ3n) is 3.19. The van der Waals surface area contributed by atoms with Crippen molar-refractivity contribution in [1.82, 2.24) is 0 Å². The van der Waals surface area contributed by atoms with Gasteiger partial charge in [0.2, 0.25) is 15.9 Å². The first kappa shape index (κ1) is 17.8. The van der Waals surface area contributed by atoms with Crippen molar-refractivity contribution >= 4 is 27.4 Å². The Hall–Kier alpha value is -2.58. The molecule has 6 nitrogen and oxygen atoms in total. The van der Waals surface area contributed by atoms with E-state index in [9.17, 15) is 22.4 Å². The second-order valence-electron chi connectivity index (χ2n) is 5.05. The molecule has 0 radical (unpaired) electrons. The number of amides is 1. The molecule has 0 unspecified atom stereocenters. The minimum atomic E-state index is -3.86. The first-order valence-electron chi connectivity index (χ1n) is 6.97. The molecule has 2 rings (SSSR count). The number of carbonyl (C=O) groups is 2. The molecule has 0 heterocycles. The number of anilines is 1. The number of primary sulfonamides is 1. The molecule has 0 aliphatic heterocycles. The molecule has 0 spiro atoms. The minimum absolute atomic E-state index is 0.0493. The van der Waals surface area contributed by atoms with Crippen LogP contribution in [0.3, 0.4) is 0 Å². The molecular weight excluding hydrogens is 335 g/mol. The second-order valence-corrected chi connectivity index (χ2v) is 6.61. The zero-order chi connectivity index (χ0) is 17.7. The van der Waals surface area contributed by atoms with Crippen molar-refractivity contribution in [1.29, 1.82) is 0 Å².